The molecule has 0 radical (unpaired) electrons. The largest absolute Gasteiger partial charge is 0.493 e. The second kappa shape index (κ2) is 5.08. The SMILES string of the molecule is COc1cnn(C)c1C(=O)c1ccc(F)c(F)c1Br. The van der Waals surface area contributed by atoms with Crippen molar-refractivity contribution >= 4 is 21.7 Å². The van der Waals surface area contributed by atoms with Crippen LogP contribution in [0.4, 0.5) is 8.78 Å². The lowest BCUT2D eigenvalue weighted by Crippen LogP contribution is -2.11. The van der Waals surface area contributed by atoms with Crippen LogP contribution in [0.1, 0.15) is 16.1 Å². The lowest BCUT2D eigenvalue weighted by Gasteiger charge is -2.07. The summed E-state index contributed by atoms with van der Waals surface area (Å²) in [5.74, 6) is -2.38. The minimum atomic E-state index is -1.10. The van der Waals surface area contributed by atoms with Gasteiger partial charge in [0.25, 0.3) is 0 Å². The van der Waals surface area contributed by atoms with Gasteiger partial charge in [0.15, 0.2) is 23.1 Å². The Kier molecular flexibility index (Phi) is 3.66. The van der Waals surface area contributed by atoms with Crippen molar-refractivity contribution in [3.05, 3.63) is 45.7 Å². The van der Waals surface area contributed by atoms with Crippen molar-refractivity contribution in [3.8, 4) is 5.75 Å². The Morgan fingerprint density at radius 3 is 2.74 bits per heavy atom. The van der Waals surface area contributed by atoms with Gasteiger partial charge in [-0.05, 0) is 28.1 Å². The average Bonchev–Trinajstić information content (AvgIpc) is 2.76. The molecular formula is C12H9BrF2N2O2. The van der Waals surface area contributed by atoms with Gasteiger partial charge in [0.2, 0.25) is 5.78 Å². The van der Waals surface area contributed by atoms with Crippen LogP contribution in [0.15, 0.2) is 22.8 Å². The van der Waals surface area contributed by atoms with Crippen LogP contribution < -0.4 is 4.74 Å². The van der Waals surface area contributed by atoms with E-state index in [9.17, 15) is 13.6 Å². The van der Waals surface area contributed by atoms with Crippen molar-refractivity contribution in [2.75, 3.05) is 7.11 Å². The molecule has 2 aromatic rings. The lowest BCUT2D eigenvalue weighted by molar-refractivity contribution is 0.102. The molecule has 7 heteroatoms. The van der Waals surface area contributed by atoms with Gasteiger partial charge < -0.3 is 4.74 Å². The summed E-state index contributed by atoms with van der Waals surface area (Å²) in [6.07, 6.45) is 1.38. The number of aryl methyl sites for hydroxylation is 1. The van der Waals surface area contributed by atoms with Crippen molar-refractivity contribution in [3.63, 3.8) is 0 Å². The van der Waals surface area contributed by atoms with E-state index in [1.165, 1.54) is 24.1 Å². The first kappa shape index (κ1) is 13.7. The van der Waals surface area contributed by atoms with E-state index in [2.05, 4.69) is 21.0 Å². The predicted molar refractivity (Wildman–Crippen MR) is 67.3 cm³/mol. The summed E-state index contributed by atoms with van der Waals surface area (Å²) in [5.41, 5.74) is 0.162. The number of hydrogen-bond donors (Lipinski definition) is 0. The predicted octanol–water partition coefficient (Wildman–Crippen LogP) is 2.70. The van der Waals surface area contributed by atoms with Gasteiger partial charge in [0.05, 0.1) is 17.8 Å². The number of hydrogen-bond acceptors (Lipinski definition) is 3. The Hall–Kier alpha value is -1.76. The number of halogens is 3. The molecule has 0 atom stereocenters. The Morgan fingerprint density at radius 1 is 1.42 bits per heavy atom. The number of carbonyl (C=O) groups excluding carboxylic acids is 1. The van der Waals surface area contributed by atoms with Crippen LogP contribution >= 0.6 is 15.9 Å². The van der Waals surface area contributed by atoms with E-state index in [1.54, 1.807) is 7.05 Å². The molecule has 1 aromatic heterocycles. The van der Waals surface area contributed by atoms with Crippen LogP contribution in [0.3, 0.4) is 0 Å². The average molecular weight is 331 g/mol. The molecule has 100 valence electrons. The van der Waals surface area contributed by atoms with E-state index in [4.69, 9.17) is 4.74 Å². The highest BCUT2D eigenvalue weighted by molar-refractivity contribution is 9.10. The highest BCUT2D eigenvalue weighted by atomic mass is 79.9. The number of benzene rings is 1. The van der Waals surface area contributed by atoms with Crippen molar-refractivity contribution in [2.24, 2.45) is 7.05 Å². The maximum Gasteiger partial charge on any atom is 0.216 e. The maximum absolute atomic E-state index is 13.4. The van der Waals surface area contributed by atoms with Crippen LogP contribution in [0.25, 0.3) is 0 Å². The third-order valence-electron chi connectivity index (χ3n) is 2.62. The molecule has 0 saturated heterocycles. The van der Waals surface area contributed by atoms with E-state index < -0.39 is 17.4 Å². The number of nitrogens with zero attached hydrogens (tertiary/aromatic N) is 2. The zero-order chi connectivity index (χ0) is 14.2. The van der Waals surface area contributed by atoms with Crippen LogP contribution in [0.5, 0.6) is 5.75 Å². The molecule has 0 aliphatic carbocycles. The van der Waals surface area contributed by atoms with Gasteiger partial charge in [-0.3, -0.25) is 9.48 Å². The Morgan fingerprint density at radius 2 is 2.11 bits per heavy atom. The van der Waals surface area contributed by atoms with E-state index in [0.29, 0.717) is 0 Å². The number of carbonyl (C=O) groups is 1. The Balaban J connectivity index is 2.57. The highest BCUT2D eigenvalue weighted by Crippen LogP contribution is 2.28. The summed E-state index contributed by atoms with van der Waals surface area (Å²) < 4.78 is 32.6. The molecule has 4 nitrogen and oxygen atoms in total. The molecule has 0 spiro atoms. The van der Waals surface area contributed by atoms with Gasteiger partial charge in [0.1, 0.15) is 0 Å². The molecule has 1 aromatic carbocycles. The van der Waals surface area contributed by atoms with Crippen LogP contribution in [0.2, 0.25) is 0 Å². The Labute approximate surface area is 116 Å². The fourth-order valence-electron chi connectivity index (χ4n) is 1.65. The first-order chi connectivity index (χ1) is 8.97. The normalized spacial score (nSPS) is 10.6. The van der Waals surface area contributed by atoms with E-state index in [-0.39, 0.29) is 21.5 Å². The molecule has 0 amide bonds. The first-order valence-electron chi connectivity index (χ1n) is 5.21. The summed E-state index contributed by atoms with van der Waals surface area (Å²) in [7, 11) is 2.96. The Bertz CT molecular complexity index is 655. The summed E-state index contributed by atoms with van der Waals surface area (Å²) in [6.45, 7) is 0. The second-order valence-electron chi connectivity index (χ2n) is 3.74. The summed E-state index contributed by atoms with van der Waals surface area (Å²) in [4.78, 5) is 12.3. The molecule has 0 aliphatic heterocycles. The van der Waals surface area contributed by atoms with Gasteiger partial charge in [-0.2, -0.15) is 5.10 Å². The summed E-state index contributed by atoms with van der Waals surface area (Å²) in [6, 6.07) is 2.10. The standard InChI is InChI=1S/C12H9BrF2N2O2/c1-17-11(8(19-2)5-16-17)12(18)6-3-4-7(14)10(15)9(6)13/h3-5H,1-2H3. The minimum Gasteiger partial charge on any atom is -0.493 e. The molecule has 0 aliphatic rings. The van der Waals surface area contributed by atoms with Gasteiger partial charge in [-0.25, -0.2) is 8.78 Å². The zero-order valence-corrected chi connectivity index (χ0v) is 11.7. The fourth-order valence-corrected chi connectivity index (χ4v) is 2.16. The number of methoxy groups -OCH3 is 1. The maximum atomic E-state index is 13.4. The van der Waals surface area contributed by atoms with Gasteiger partial charge >= 0.3 is 0 Å². The van der Waals surface area contributed by atoms with Crippen LogP contribution in [0, 0.1) is 11.6 Å². The van der Waals surface area contributed by atoms with Crippen molar-refractivity contribution in [1.29, 1.82) is 0 Å². The number of rotatable bonds is 3. The number of ether oxygens (including phenoxy) is 1. The topological polar surface area (TPSA) is 44.1 Å². The quantitative estimate of drug-likeness (QED) is 0.642. The van der Waals surface area contributed by atoms with Crippen LogP contribution in [-0.4, -0.2) is 22.7 Å². The van der Waals surface area contributed by atoms with E-state index >= 15 is 0 Å². The highest BCUT2D eigenvalue weighted by Gasteiger charge is 2.23. The van der Waals surface area contributed by atoms with Gasteiger partial charge in [0, 0.05) is 12.6 Å². The second-order valence-corrected chi connectivity index (χ2v) is 4.53. The molecule has 19 heavy (non-hydrogen) atoms. The van der Waals surface area contributed by atoms with E-state index in [0.717, 1.165) is 6.07 Å². The zero-order valence-electron chi connectivity index (χ0n) is 10.1. The third-order valence-corrected chi connectivity index (χ3v) is 3.40. The van der Waals surface area contributed by atoms with Gasteiger partial charge in [-0.1, -0.05) is 0 Å². The third kappa shape index (κ3) is 2.25. The summed E-state index contributed by atoms with van der Waals surface area (Å²) >= 11 is 2.88. The molecule has 0 fully saturated rings. The number of ketones is 1. The number of aromatic nitrogens is 2. The molecule has 0 N–H and O–H groups in total. The monoisotopic (exact) mass is 330 g/mol. The molecule has 2 rings (SSSR count). The molecule has 0 bridgehead atoms. The molecule has 0 unspecified atom stereocenters. The molecule has 0 saturated carbocycles. The van der Waals surface area contributed by atoms with Crippen LogP contribution in [-0.2, 0) is 7.05 Å². The lowest BCUT2D eigenvalue weighted by atomic mass is 10.1. The van der Waals surface area contributed by atoms with Gasteiger partial charge in [-0.15, -0.1) is 0 Å². The van der Waals surface area contributed by atoms with Crippen molar-refractivity contribution in [2.45, 2.75) is 0 Å². The summed E-state index contributed by atoms with van der Waals surface area (Å²) in [5, 5.41) is 3.89. The smallest absolute Gasteiger partial charge is 0.216 e. The van der Waals surface area contributed by atoms with Crippen molar-refractivity contribution < 1.29 is 18.3 Å². The molecular weight excluding hydrogens is 322 g/mol. The fraction of sp³-hybridized carbons (Fsp3) is 0.167. The molecule has 1 heterocycles. The van der Waals surface area contributed by atoms with Crippen molar-refractivity contribution in [1.82, 2.24) is 9.78 Å². The first-order valence-corrected chi connectivity index (χ1v) is 6.00. The van der Waals surface area contributed by atoms with E-state index in [1.807, 2.05) is 0 Å². The minimum absolute atomic E-state index is 0.000741.